The molecule has 4 nitrogen and oxygen atoms in total. The molecule has 0 saturated heterocycles. The molecule has 0 unspecified atom stereocenters. The molecule has 0 atom stereocenters. The summed E-state index contributed by atoms with van der Waals surface area (Å²) in [4.78, 5) is 11.3. The van der Waals surface area contributed by atoms with E-state index in [1.54, 1.807) is 13.0 Å². The Labute approximate surface area is 76.6 Å². The van der Waals surface area contributed by atoms with Crippen LogP contribution in [-0.2, 0) is 0 Å². The lowest BCUT2D eigenvalue weighted by Crippen LogP contribution is -2.24. The molecule has 13 heavy (non-hydrogen) atoms. The van der Waals surface area contributed by atoms with Crippen LogP contribution in [0.5, 0.6) is 0 Å². The van der Waals surface area contributed by atoms with Gasteiger partial charge in [0.05, 0.1) is 6.20 Å². The van der Waals surface area contributed by atoms with Crippen LogP contribution in [0, 0.1) is 6.92 Å². The zero-order valence-corrected chi connectivity index (χ0v) is 7.54. The molecule has 1 rings (SSSR count). The number of amides is 1. The minimum absolute atomic E-state index is 0.225. The summed E-state index contributed by atoms with van der Waals surface area (Å²) in [6, 6.07) is 0. The van der Waals surface area contributed by atoms with Crippen LogP contribution in [0.2, 0.25) is 0 Å². The first kappa shape index (κ1) is 9.51. The van der Waals surface area contributed by atoms with Crippen molar-refractivity contribution in [2.45, 2.75) is 13.3 Å². The van der Waals surface area contributed by atoms with Crippen LogP contribution in [0.3, 0.4) is 0 Å². The fourth-order valence-electron chi connectivity index (χ4n) is 0.877. The van der Waals surface area contributed by atoms with Gasteiger partial charge >= 0.3 is 0 Å². The molecule has 1 aromatic heterocycles. The molecular weight excluding hydrogens is 168 g/mol. The Morgan fingerprint density at radius 3 is 3.15 bits per heavy atom. The third-order valence-corrected chi connectivity index (χ3v) is 1.59. The second-order valence-corrected chi connectivity index (χ2v) is 2.67. The van der Waals surface area contributed by atoms with Crippen molar-refractivity contribution in [1.29, 1.82) is 0 Å². The molecule has 0 aromatic carbocycles. The topological polar surface area (TPSA) is 55.1 Å². The van der Waals surface area contributed by atoms with E-state index in [-0.39, 0.29) is 11.7 Å². The number of hydrogen-bond donors (Lipinski definition) is 1. The lowest BCUT2D eigenvalue weighted by atomic mass is 10.3. The quantitative estimate of drug-likeness (QED) is 0.561. The van der Waals surface area contributed by atoms with Gasteiger partial charge in [-0.3, -0.25) is 4.79 Å². The fraction of sp³-hybridized carbons (Fsp3) is 0.333. The number of aryl methyl sites for hydroxylation is 1. The molecule has 0 bridgehead atoms. The average Bonchev–Trinajstić information content (AvgIpc) is 2.52. The summed E-state index contributed by atoms with van der Waals surface area (Å²) in [6.45, 7) is 5.90. The van der Waals surface area contributed by atoms with Crippen LogP contribution in [0.1, 0.15) is 22.5 Å². The molecule has 0 aliphatic carbocycles. The third kappa shape index (κ3) is 2.43. The highest BCUT2D eigenvalue weighted by molar-refractivity contribution is 5.92. The highest BCUT2D eigenvalue weighted by Crippen LogP contribution is 2.04. The van der Waals surface area contributed by atoms with Gasteiger partial charge in [-0.15, -0.1) is 6.58 Å². The largest absolute Gasteiger partial charge is 0.351 e. The van der Waals surface area contributed by atoms with E-state index in [4.69, 9.17) is 4.52 Å². The van der Waals surface area contributed by atoms with E-state index in [1.165, 1.54) is 6.20 Å². The molecule has 1 amide bonds. The maximum atomic E-state index is 11.3. The number of nitrogens with one attached hydrogen (secondary N) is 1. The summed E-state index contributed by atoms with van der Waals surface area (Å²) in [7, 11) is 0. The lowest BCUT2D eigenvalue weighted by Gasteiger charge is -1.99. The summed E-state index contributed by atoms with van der Waals surface area (Å²) < 4.78 is 4.77. The van der Waals surface area contributed by atoms with Crippen molar-refractivity contribution >= 4 is 5.91 Å². The Hall–Kier alpha value is -1.58. The zero-order chi connectivity index (χ0) is 9.68. The maximum Gasteiger partial charge on any atom is 0.290 e. The van der Waals surface area contributed by atoms with Gasteiger partial charge < -0.3 is 9.84 Å². The molecular formula is C9H12N2O2. The van der Waals surface area contributed by atoms with E-state index in [0.717, 1.165) is 12.0 Å². The number of hydrogen-bond acceptors (Lipinski definition) is 3. The summed E-state index contributed by atoms with van der Waals surface area (Å²) in [6.07, 6.45) is 4.01. The second-order valence-electron chi connectivity index (χ2n) is 2.67. The lowest BCUT2D eigenvalue weighted by molar-refractivity contribution is 0.0916. The van der Waals surface area contributed by atoms with Gasteiger partial charge in [-0.2, -0.15) is 0 Å². The summed E-state index contributed by atoms with van der Waals surface area (Å²) in [5.41, 5.74) is 0.746. The highest BCUT2D eigenvalue weighted by Gasteiger charge is 2.12. The Bertz CT molecular complexity index is 304. The van der Waals surface area contributed by atoms with Crippen molar-refractivity contribution in [3.63, 3.8) is 0 Å². The van der Waals surface area contributed by atoms with Crippen LogP contribution in [-0.4, -0.2) is 17.6 Å². The Morgan fingerprint density at radius 2 is 2.62 bits per heavy atom. The molecule has 1 heterocycles. The second kappa shape index (κ2) is 4.45. The van der Waals surface area contributed by atoms with Crippen LogP contribution in [0.4, 0.5) is 0 Å². The summed E-state index contributed by atoms with van der Waals surface area (Å²) in [5.74, 6) is 0.0564. The van der Waals surface area contributed by atoms with Gasteiger partial charge in [0.25, 0.3) is 5.91 Å². The number of carbonyl (C=O) groups is 1. The molecule has 0 spiro atoms. The average molecular weight is 180 g/mol. The SMILES string of the molecule is C=CCCNC(=O)c1oncc1C. The Kier molecular flexibility index (Phi) is 3.25. The molecule has 0 radical (unpaired) electrons. The first-order valence-corrected chi connectivity index (χ1v) is 4.06. The van der Waals surface area contributed by atoms with Gasteiger partial charge in [0.1, 0.15) is 0 Å². The first-order chi connectivity index (χ1) is 6.25. The maximum absolute atomic E-state index is 11.3. The molecule has 0 saturated carbocycles. The molecule has 4 heteroatoms. The molecule has 1 aromatic rings. The van der Waals surface area contributed by atoms with Crippen molar-refractivity contribution in [2.24, 2.45) is 0 Å². The van der Waals surface area contributed by atoms with E-state index in [0.29, 0.717) is 6.54 Å². The zero-order valence-electron chi connectivity index (χ0n) is 7.54. The normalized spacial score (nSPS) is 9.62. The molecule has 1 N–H and O–H groups in total. The van der Waals surface area contributed by atoms with Crippen molar-refractivity contribution in [3.8, 4) is 0 Å². The minimum Gasteiger partial charge on any atom is -0.351 e. The van der Waals surface area contributed by atoms with E-state index < -0.39 is 0 Å². The smallest absolute Gasteiger partial charge is 0.290 e. The van der Waals surface area contributed by atoms with Crippen molar-refractivity contribution in [2.75, 3.05) is 6.54 Å². The minimum atomic E-state index is -0.225. The highest BCUT2D eigenvalue weighted by atomic mass is 16.5. The van der Waals surface area contributed by atoms with Crippen molar-refractivity contribution < 1.29 is 9.32 Å². The monoisotopic (exact) mass is 180 g/mol. The van der Waals surface area contributed by atoms with Crippen molar-refractivity contribution in [3.05, 3.63) is 30.2 Å². The van der Waals surface area contributed by atoms with Crippen LogP contribution < -0.4 is 5.32 Å². The van der Waals surface area contributed by atoms with E-state index >= 15 is 0 Å². The van der Waals surface area contributed by atoms with Crippen LogP contribution in [0.15, 0.2) is 23.4 Å². The summed E-state index contributed by atoms with van der Waals surface area (Å²) >= 11 is 0. The van der Waals surface area contributed by atoms with Crippen LogP contribution in [0.25, 0.3) is 0 Å². The van der Waals surface area contributed by atoms with Gasteiger partial charge in [0.2, 0.25) is 5.76 Å². The molecule has 0 fully saturated rings. The number of aromatic nitrogens is 1. The standard InChI is InChI=1S/C9H12N2O2/c1-3-4-5-10-9(12)8-7(2)6-11-13-8/h3,6H,1,4-5H2,2H3,(H,10,12). The first-order valence-electron chi connectivity index (χ1n) is 4.06. The third-order valence-electron chi connectivity index (χ3n) is 1.59. The molecule has 0 aliphatic rings. The predicted octanol–water partition coefficient (Wildman–Crippen LogP) is 1.29. The fourth-order valence-corrected chi connectivity index (χ4v) is 0.877. The van der Waals surface area contributed by atoms with Gasteiger partial charge in [-0.1, -0.05) is 11.2 Å². The van der Waals surface area contributed by atoms with Crippen LogP contribution >= 0.6 is 0 Å². The van der Waals surface area contributed by atoms with E-state index in [1.807, 2.05) is 0 Å². The summed E-state index contributed by atoms with van der Waals surface area (Å²) in [5, 5.41) is 6.20. The Balaban J connectivity index is 2.49. The van der Waals surface area contributed by atoms with E-state index in [9.17, 15) is 4.79 Å². The van der Waals surface area contributed by atoms with E-state index in [2.05, 4.69) is 17.1 Å². The van der Waals surface area contributed by atoms with Crippen molar-refractivity contribution in [1.82, 2.24) is 10.5 Å². The molecule has 70 valence electrons. The number of carbonyl (C=O) groups excluding carboxylic acids is 1. The number of nitrogens with zero attached hydrogens (tertiary/aromatic N) is 1. The Morgan fingerprint density at radius 1 is 1.85 bits per heavy atom. The van der Waals surface area contributed by atoms with Gasteiger partial charge in [-0.05, 0) is 13.3 Å². The van der Waals surface area contributed by atoms with Gasteiger partial charge in [-0.25, -0.2) is 0 Å². The molecule has 0 aliphatic heterocycles. The number of rotatable bonds is 4. The van der Waals surface area contributed by atoms with Gasteiger partial charge in [0, 0.05) is 12.1 Å². The van der Waals surface area contributed by atoms with Gasteiger partial charge in [0.15, 0.2) is 0 Å². The predicted molar refractivity (Wildman–Crippen MR) is 48.4 cm³/mol.